The van der Waals surface area contributed by atoms with Crippen molar-refractivity contribution in [3.05, 3.63) is 35.6 Å². The molecule has 0 amide bonds. The van der Waals surface area contributed by atoms with Crippen LogP contribution in [0.2, 0.25) is 0 Å². The molecule has 0 saturated heterocycles. The van der Waals surface area contributed by atoms with Crippen LogP contribution in [0.5, 0.6) is 0 Å². The van der Waals surface area contributed by atoms with Crippen molar-refractivity contribution in [1.82, 2.24) is 5.32 Å². The molecule has 0 radical (unpaired) electrons. The van der Waals surface area contributed by atoms with Crippen LogP contribution in [0.25, 0.3) is 11.0 Å². The Kier molecular flexibility index (Phi) is 4.73. The van der Waals surface area contributed by atoms with Crippen molar-refractivity contribution < 1.29 is 24.2 Å². The van der Waals surface area contributed by atoms with Crippen LogP contribution in [0, 0.1) is 0 Å². The van der Waals surface area contributed by atoms with E-state index in [0.29, 0.717) is 23.3 Å². The average molecular weight is 279 g/mol. The number of ether oxygens (including phenoxy) is 1. The summed E-state index contributed by atoms with van der Waals surface area (Å²) in [6.07, 6.45) is -0.641. The molecular formula is C14H17NO5. The van der Waals surface area contributed by atoms with E-state index in [1.807, 2.05) is 0 Å². The number of furan rings is 1. The highest BCUT2D eigenvalue weighted by molar-refractivity contribution is 6.03. The normalized spacial score (nSPS) is 12.7. The fraction of sp³-hybridized carbons (Fsp3) is 0.357. The maximum absolute atomic E-state index is 11.3. The summed E-state index contributed by atoms with van der Waals surface area (Å²) in [5.41, 5.74) is 0.702. The van der Waals surface area contributed by atoms with Gasteiger partial charge in [0.1, 0.15) is 16.9 Å². The predicted molar refractivity (Wildman–Crippen MR) is 72.8 cm³/mol. The summed E-state index contributed by atoms with van der Waals surface area (Å²) in [6, 6.07) is 7.00. The molecule has 2 aromatic rings. The van der Waals surface area contributed by atoms with Gasteiger partial charge in [-0.3, -0.25) is 0 Å². The summed E-state index contributed by atoms with van der Waals surface area (Å²) in [6.45, 7) is 0.750. The fourth-order valence-corrected chi connectivity index (χ4v) is 2.06. The van der Waals surface area contributed by atoms with Crippen molar-refractivity contribution in [3.8, 4) is 0 Å². The van der Waals surface area contributed by atoms with E-state index >= 15 is 0 Å². The Labute approximate surface area is 116 Å². The average Bonchev–Trinajstić information content (AvgIpc) is 2.77. The molecule has 1 atom stereocenters. The largest absolute Gasteiger partial charge is 0.478 e. The van der Waals surface area contributed by atoms with Crippen LogP contribution in [0.1, 0.15) is 16.1 Å². The molecule has 2 rings (SSSR count). The Morgan fingerprint density at radius 2 is 2.20 bits per heavy atom. The van der Waals surface area contributed by atoms with E-state index in [-0.39, 0.29) is 18.7 Å². The summed E-state index contributed by atoms with van der Waals surface area (Å²) in [4.78, 5) is 11.3. The van der Waals surface area contributed by atoms with Crippen molar-refractivity contribution in [2.24, 2.45) is 0 Å². The fourth-order valence-electron chi connectivity index (χ4n) is 2.06. The van der Waals surface area contributed by atoms with Gasteiger partial charge in [-0.15, -0.1) is 0 Å². The van der Waals surface area contributed by atoms with Crippen LogP contribution in [-0.4, -0.2) is 42.5 Å². The molecule has 108 valence electrons. The molecule has 6 nitrogen and oxygen atoms in total. The minimum absolute atomic E-state index is 0.161. The Morgan fingerprint density at radius 3 is 2.90 bits per heavy atom. The van der Waals surface area contributed by atoms with Crippen LogP contribution in [0.3, 0.4) is 0 Å². The maximum Gasteiger partial charge on any atom is 0.339 e. The first-order valence-corrected chi connectivity index (χ1v) is 6.25. The standard InChI is InChI=1S/C14H17NO5/c1-19-8-9(16)6-15-7-12-13(14(17)18)10-4-2-3-5-11(10)20-12/h2-5,9,15-16H,6-8H2,1H3,(H,17,18). The van der Waals surface area contributed by atoms with E-state index in [2.05, 4.69) is 5.32 Å². The third-order valence-corrected chi connectivity index (χ3v) is 2.91. The number of carbonyl (C=O) groups is 1. The van der Waals surface area contributed by atoms with Gasteiger partial charge in [-0.05, 0) is 6.07 Å². The summed E-state index contributed by atoms with van der Waals surface area (Å²) in [5, 5.41) is 22.3. The van der Waals surface area contributed by atoms with Gasteiger partial charge < -0.3 is 24.7 Å². The maximum atomic E-state index is 11.3. The SMILES string of the molecule is COCC(O)CNCc1oc2ccccc2c1C(=O)O. The number of aliphatic hydroxyl groups excluding tert-OH is 1. The molecule has 0 bridgehead atoms. The second-order valence-electron chi connectivity index (χ2n) is 4.44. The molecule has 20 heavy (non-hydrogen) atoms. The quantitative estimate of drug-likeness (QED) is 0.706. The zero-order chi connectivity index (χ0) is 14.5. The first-order valence-electron chi connectivity index (χ1n) is 6.25. The number of aliphatic hydroxyl groups is 1. The Morgan fingerprint density at radius 1 is 1.45 bits per heavy atom. The molecule has 0 saturated carbocycles. The number of nitrogens with one attached hydrogen (secondary N) is 1. The Hall–Kier alpha value is -1.89. The number of rotatable bonds is 7. The van der Waals surface area contributed by atoms with Gasteiger partial charge in [0.2, 0.25) is 0 Å². The molecule has 1 aromatic heterocycles. The van der Waals surface area contributed by atoms with Crippen molar-refractivity contribution in [3.63, 3.8) is 0 Å². The monoisotopic (exact) mass is 279 g/mol. The number of benzene rings is 1. The first-order chi connectivity index (χ1) is 9.63. The lowest BCUT2D eigenvalue weighted by atomic mass is 10.1. The molecular weight excluding hydrogens is 262 g/mol. The van der Waals surface area contributed by atoms with Crippen LogP contribution >= 0.6 is 0 Å². The van der Waals surface area contributed by atoms with E-state index in [4.69, 9.17) is 9.15 Å². The van der Waals surface area contributed by atoms with Gasteiger partial charge in [-0.2, -0.15) is 0 Å². The van der Waals surface area contributed by atoms with Crippen molar-refractivity contribution in [2.75, 3.05) is 20.3 Å². The van der Waals surface area contributed by atoms with Crippen LogP contribution in [0.4, 0.5) is 0 Å². The minimum Gasteiger partial charge on any atom is -0.478 e. The van der Waals surface area contributed by atoms with Crippen LogP contribution in [0.15, 0.2) is 28.7 Å². The zero-order valence-corrected chi connectivity index (χ0v) is 11.1. The number of methoxy groups -OCH3 is 1. The van der Waals surface area contributed by atoms with Gasteiger partial charge >= 0.3 is 5.97 Å². The lowest BCUT2D eigenvalue weighted by Crippen LogP contribution is -2.29. The second kappa shape index (κ2) is 6.51. The summed E-state index contributed by atoms with van der Waals surface area (Å²) in [5.74, 6) is -0.674. The van der Waals surface area contributed by atoms with Gasteiger partial charge in [0, 0.05) is 19.0 Å². The lowest BCUT2D eigenvalue weighted by Gasteiger charge is -2.09. The van der Waals surface area contributed by atoms with E-state index < -0.39 is 12.1 Å². The Balaban J connectivity index is 2.13. The molecule has 0 fully saturated rings. The van der Waals surface area contributed by atoms with Gasteiger partial charge in [-0.1, -0.05) is 18.2 Å². The molecule has 3 N–H and O–H groups in total. The van der Waals surface area contributed by atoms with Gasteiger partial charge in [0.25, 0.3) is 0 Å². The molecule has 1 aromatic carbocycles. The first kappa shape index (κ1) is 14.5. The van der Waals surface area contributed by atoms with Gasteiger partial charge in [0.15, 0.2) is 0 Å². The third kappa shape index (κ3) is 3.16. The molecule has 0 aliphatic heterocycles. The van der Waals surface area contributed by atoms with E-state index in [0.717, 1.165) is 0 Å². The number of hydrogen-bond donors (Lipinski definition) is 3. The Bertz CT molecular complexity index is 592. The number of aromatic carboxylic acids is 1. The third-order valence-electron chi connectivity index (χ3n) is 2.91. The van der Waals surface area contributed by atoms with E-state index in [9.17, 15) is 15.0 Å². The highest BCUT2D eigenvalue weighted by atomic mass is 16.5. The number of carboxylic acid groups (broad SMARTS) is 1. The number of hydrogen-bond acceptors (Lipinski definition) is 5. The van der Waals surface area contributed by atoms with Crippen LogP contribution < -0.4 is 5.32 Å². The predicted octanol–water partition coefficient (Wildman–Crippen LogP) is 1.23. The summed E-state index contributed by atoms with van der Waals surface area (Å²) >= 11 is 0. The van der Waals surface area contributed by atoms with Crippen LogP contribution in [-0.2, 0) is 11.3 Å². The highest BCUT2D eigenvalue weighted by Crippen LogP contribution is 2.25. The van der Waals surface area contributed by atoms with Gasteiger partial charge in [-0.25, -0.2) is 4.79 Å². The lowest BCUT2D eigenvalue weighted by molar-refractivity contribution is 0.0640. The summed E-state index contributed by atoms with van der Waals surface area (Å²) < 4.78 is 10.4. The second-order valence-corrected chi connectivity index (χ2v) is 4.44. The number of fused-ring (bicyclic) bond motifs is 1. The van der Waals surface area contributed by atoms with E-state index in [1.54, 1.807) is 24.3 Å². The van der Waals surface area contributed by atoms with Crippen molar-refractivity contribution in [1.29, 1.82) is 0 Å². The zero-order valence-electron chi connectivity index (χ0n) is 11.1. The topological polar surface area (TPSA) is 91.9 Å². The smallest absolute Gasteiger partial charge is 0.339 e. The van der Waals surface area contributed by atoms with Crippen molar-refractivity contribution >= 4 is 16.9 Å². The molecule has 6 heteroatoms. The number of para-hydroxylation sites is 1. The van der Waals surface area contributed by atoms with Crippen molar-refractivity contribution in [2.45, 2.75) is 12.6 Å². The molecule has 0 aliphatic rings. The highest BCUT2D eigenvalue weighted by Gasteiger charge is 2.19. The molecule has 1 unspecified atom stereocenters. The molecule has 1 heterocycles. The molecule has 0 aliphatic carbocycles. The molecule has 0 spiro atoms. The van der Waals surface area contributed by atoms with Gasteiger partial charge in [0.05, 0.1) is 19.3 Å². The minimum atomic E-state index is -1.02. The van der Waals surface area contributed by atoms with E-state index in [1.165, 1.54) is 7.11 Å². The number of carboxylic acids is 1. The summed E-state index contributed by atoms with van der Waals surface area (Å²) in [7, 11) is 1.50.